The lowest BCUT2D eigenvalue weighted by Crippen LogP contribution is -1.90. The first-order valence-electron chi connectivity index (χ1n) is 12.9. The molecule has 0 heterocycles. The summed E-state index contributed by atoms with van der Waals surface area (Å²) in [6, 6.07) is 49.8. The summed E-state index contributed by atoms with van der Waals surface area (Å²) in [6.07, 6.45) is 0. The van der Waals surface area contributed by atoms with E-state index < -0.39 is 0 Å². The predicted molar refractivity (Wildman–Crippen MR) is 155 cm³/mol. The van der Waals surface area contributed by atoms with Crippen LogP contribution in [0.5, 0.6) is 0 Å². The lowest BCUT2D eigenvalue weighted by Gasteiger charge is -2.18. The van der Waals surface area contributed by atoms with E-state index in [1.54, 1.807) is 0 Å². The molecule has 0 fully saturated rings. The Morgan fingerprint density at radius 3 is 1.36 bits per heavy atom. The number of hydrogen-bond donors (Lipinski definition) is 0. The first kappa shape index (κ1) is 19.6. The Hall–Kier alpha value is -4.68. The van der Waals surface area contributed by atoms with Gasteiger partial charge in [-0.15, -0.1) is 0 Å². The highest BCUT2D eigenvalue weighted by Gasteiger charge is 2.16. The van der Waals surface area contributed by atoms with E-state index in [0.717, 1.165) is 21.9 Å². The Morgan fingerprint density at radius 2 is 0.778 bits per heavy atom. The molecule has 0 N–H and O–H groups in total. The van der Waals surface area contributed by atoms with Gasteiger partial charge in [-0.1, -0.05) is 140 Å². The van der Waals surface area contributed by atoms with Crippen LogP contribution in [0.3, 0.4) is 0 Å². The van der Waals surface area contributed by atoms with Gasteiger partial charge in [0.1, 0.15) is 0 Å². The summed E-state index contributed by atoms with van der Waals surface area (Å²) in [4.78, 5) is 0. The van der Waals surface area contributed by atoms with Crippen molar-refractivity contribution in [3.8, 4) is 33.4 Å². The van der Waals surface area contributed by atoms with E-state index in [1.165, 1.54) is 43.8 Å². The summed E-state index contributed by atoms with van der Waals surface area (Å²) in [5.74, 6) is 0. The second-order valence-corrected chi connectivity index (χ2v) is 9.26. The van der Waals surface area contributed by atoms with Crippen molar-refractivity contribution >= 4 is 32.3 Å². The van der Waals surface area contributed by atoms with Gasteiger partial charge in [0, 0.05) is 0 Å². The first-order valence-corrected chi connectivity index (χ1v) is 12.4. The zero-order valence-corrected chi connectivity index (χ0v) is 19.8. The van der Waals surface area contributed by atoms with Crippen LogP contribution in [-0.2, 0) is 0 Å². The van der Waals surface area contributed by atoms with Gasteiger partial charge in [-0.3, -0.25) is 0 Å². The minimum Gasteiger partial charge on any atom is -0.0622 e. The molecule has 0 radical (unpaired) electrons. The topological polar surface area (TPSA) is 0 Å². The number of fused-ring (bicyclic) bond motifs is 3. The van der Waals surface area contributed by atoms with Crippen molar-refractivity contribution in [3.63, 3.8) is 0 Å². The molecule has 7 aromatic rings. The van der Waals surface area contributed by atoms with Crippen molar-refractivity contribution in [1.82, 2.24) is 0 Å². The molecule has 0 heteroatoms. The smallest absolute Gasteiger partial charge is 0.0622 e. The maximum atomic E-state index is 8.63. The summed E-state index contributed by atoms with van der Waals surface area (Å²) < 4.78 is 8.63. The van der Waals surface area contributed by atoms with Crippen LogP contribution in [0.25, 0.3) is 65.7 Å². The molecule has 36 heavy (non-hydrogen) atoms. The molecular formula is C36H24. The Bertz CT molecular complexity index is 1860. The quantitative estimate of drug-likeness (QED) is 0.232. The van der Waals surface area contributed by atoms with Gasteiger partial charge in [0.05, 0.1) is 1.37 Å². The number of hydrogen-bond acceptors (Lipinski definition) is 0. The van der Waals surface area contributed by atoms with Crippen LogP contribution in [0, 0.1) is 0 Å². The Balaban J connectivity index is 1.45. The molecule has 0 nitrogen and oxygen atoms in total. The summed E-state index contributed by atoms with van der Waals surface area (Å²) >= 11 is 0. The highest BCUT2D eigenvalue weighted by atomic mass is 14.2. The molecule has 0 aliphatic rings. The SMILES string of the molecule is [2H]c1cc2ccccc2cc1-c1ccc(-c2c3ccccc3c(-c3ccccc3)c3ccccc23)cc1. The highest BCUT2D eigenvalue weighted by molar-refractivity contribution is 6.21. The van der Waals surface area contributed by atoms with E-state index in [2.05, 4.69) is 121 Å². The zero-order valence-electron chi connectivity index (χ0n) is 20.8. The molecule has 0 spiro atoms. The van der Waals surface area contributed by atoms with Crippen LogP contribution in [0.2, 0.25) is 0 Å². The number of benzene rings is 7. The molecule has 168 valence electrons. The monoisotopic (exact) mass is 457 g/mol. The van der Waals surface area contributed by atoms with Crippen LogP contribution < -0.4 is 0 Å². The van der Waals surface area contributed by atoms with Crippen molar-refractivity contribution in [2.45, 2.75) is 0 Å². The van der Waals surface area contributed by atoms with Gasteiger partial charge in [-0.05, 0) is 71.8 Å². The zero-order chi connectivity index (χ0) is 24.8. The van der Waals surface area contributed by atoms with Crippen LogP contribution in [0.4, 0.5) is 0 Å². The molecule has 0 amide bonds. The molecule has 0 saturated heterocycles. The summed E-state index contributed by atoms with van der Waals surface area (Å²) in [5.41, 5.74) is 6.97. The molecule has 0 aliphatic carbocycles. The van der Waals surface area contributed by atoms with Crippen LogP contribution in [0.1, 0.15) is 1.37 Å². The minimum absolute atomic E-state index is 0.551. The van der Waals surface area contributed by atoms with Crippen molar-refractivity contribution < 1.29 is 1.37 Å². The first-order chi connectivity index (χ1) is 18.3. The molecule has 0 aromatic heterocycles. The normalized spacial score (nSPS) is 11.7. The fourth-order valence-corrected chi connectivity index (χ4v) is 5.46. The van der Waals surface area contributed by atoms with Crippen molar-refractivity contribution in [2.75, 3.05) is 0 Å². The van der Waals surface area contributed by atoms with Crippen LogP contribution in [-0.4, -0.2) is 0 Å². The third-order valence-corrected chi connectivity index (χ3v) is 7.16. The van der Waals surface area contributed by atoms with Crippen molar-refractivity contribution in [1.29, 1.82) is 0 Å². The van der Waals surface area contributed by atoms with Gasteiger partial charge in [0.25, 0.3) is 0 Å². The van der Waals surface area contributed by atoms with E-state index in [0.29, 0.717) is 6.04 Å². The summed E-state index contributed by atoms with van der Waals surface area (Å²) in [6.45, 7) is 0. The minimum atomic E-state index is 0.551. The maximum Gasteiger partial charge on any atom is 0.0629 e. The molecule has 0 unspecified atom stereocenters. The predicted octanol–water partition coefficient (Wildman–Crippen LogP) is 10.1. The molecular weight excluding hydrogens is 432 g/mol. The van der Waals surface area contributed by atoms with E-state index in [-0.39, 0.29) is 0 Å². The second kappa shape index (κ2) is 8.52. The fourth-order valence-electron chi connectivity index (χ4n) is 5.46. The van der Waals surface area contributed by atoms with Crippen LogP contribution in [0.15, 0.2) is 146 Å². The van der Waals surface area contributed by atoms with Gasteiger partial charge >= 0.3 is 0 Å². The van der Waals surface area contributed by atoms with Crippen LogP contribution >= 0.6 is 0 Å². The van der Waals surface area contributed by atoms with Crippen molar-refractivity contribution in [2.24, 2.45) is 0 Å². The molecule has 7 rings (SSSR count). The standard InChI is InChI=1S/C36H24/c1-2-11-27(12-3-1)35-31-14-6-8-16-33(31)36(34-17-9-7-15-32(34)35)28-21-18-26(19-22-28)30-23-20-25-10-4-5-13-29(25)24-30/h1-24H/i23D. The fraction of sp³-hybridized carbons (Fsp3) is 0. The average molecular weight is 458 g/mol. The largest absolute Gasteiger partial charge is 0.0629 e. The average Bonchev–Trinajstić information content (AvgIpc) is 2.96. The van der Waals surface area contributed by atoms with E-state index >= 15 is 0 Å². The molecule has 0 atom stereocenters. The van der Waals surface area contributed by atoms with E-state index in [1.807, 2.05) is 18.2 Å². The molecule has 0 saturated carbocycles. The van der Waals surface area contributed by atoms with Gasteiger partial charge in [-0.25, -0.2) is 0 Å². The third kappa shape index (κ3) is 3.39. The van der Waals surface area contributed by atoms with Gasteiger partial charge < -0.3 is 0 Å². The lowest BCUT2D eigenvalue weighted by atomic mass is 9.86. The maximum absolute atomic E-state index is 8.63. The second-order valence-electron chi connectivity index (χ2n) is 9.26. The van der Waals surface area contributed by atoms with E-state index in [4.69, 9.17) is 1.37 Å². The Morgan fingerprint density at radius 1 is 0.333 bits per heavy atom. The molecule has 0 aliphatic heterocycles. The van der Waals surface area contributed by atoms with Gasteiger partial charge in [0.15, 0.2) is 0 Å². The molecule has 7 aromatic carbocycles. The van der Waals surface area contributed by atoms with Gasteiger partial charge in [-0.2, -0.15) is 0 Å². The third-order valence-electron chi connectivity index (χ3n) is 7.16. The number of rotatable bonds is 3. The lowest BCUT2D eigenvalue weighted by molar-refractivity contribution is 1.62. The highest BCUT2D eigenvalue weighted by Crippen LogP contribution is 2.43. The van der Waals surface area contributed by atoms with E-state index in [9.17, 15) is 0 Å². The Labute approximate surface area is 212 Å². The van der Waals surface area contributed by atoms with Crippen molar-refractivity contribution in [3.05, 3.63) is 146 Å². The Kier molecular flexibility index (Phi) is 4.64. The van der Waals surface area contributed by atoms with Gasteiger partial charge in [0.2, 0.25) is 0 Å². The summed E-state index contributed by atoms with van der Waals surface area (Å²) in [7, 11) is 0. The molecule has 0 bridgehead atoms. The summed E-state index contributed by atoms with van der Waals surface area (Å²) in [5, 5.41) is 7.28.